The Morgan fingerprint density at radius 3 is 2.35 bits per heavy atom. The number of carbonyl (C=O) groups is 2. The Balaban J connectivity index is 1.15. The molecule has 12 atom stereocenters. The van der Waals surface area contributed by atoms with Gasteiger partial charge in [-0.25, -0.2) is 4.79 Å². The van der Waals surface area contributed by atoms with Crippen LogP contribution in [0.3, 0.4) is 0 Å². The summed E-state index contributed by atoms with van der Waals surface area (Å²) in [4.78, 5) is 52.7. The number of nitrogens with zero attached hydrogens (tertiary/aromatic N) is 1. The van der Waals surface area contributed by atoms with Crippen LogP contribution in [0.1, 0.15) is 126 Å². The summed E-state index contributed by atoms with van der Waals surface area (Å²) in [7, 11) is 0. The van der Waals surface area contributed by atoms with Gasteiger partial charge in [-0.3, -0.25) is 23.9 Å². The van der Waals surface area contributed by atoms with E-state index in [4.69, 9.17) is 14.2 Å². The van der Waals surface area contributed by atoms with Crippen molar-refractivity contribution in [2.45, 2.75) is 150 Å². The standard InChI is InChI=1S/C41H60N2O9/c1-23(44)51-29-12-14-38(6)27(37(29,4)5)11-15-40(8)28(38)10-9-24-25-21-36(2,3)16-18-41(25,19-17-39(24,40)7)34(48)50-22-26-31(46)32(47)33(52-26)43-20-13-30(45)42-35(43)49/h9,13,20,25-29,31-33,46-47H,10-12,14-19,21-22H2,1-8H3,(H,42,45,49)/t25-,26+,27?,28+,29-,31+,32+,33+,38-,39+,40+,41-/m0/s1. The van der Waals surface area contributed by atoms with Crippen LogP contribution in [0.4, 0.5) is 0 Å². The Kier molecular flexibility index (Phi) is 8.94. The highest BCUT2D eigenvalue weighted by atomic mass is 16.6. The lowest BCUT2D eigenvalue weighted by Crippen LogP contribution is -2.65. The summed E-state index contributed by atoms with van der Waals surface area (Å²) in [6, 6.07) is 1.14. The van der Waals surface area contributed by atoms with E-state index in [1.807, 2.05) is 0 Å². The molecule has 0 spiro atoms. The van der Waals surface area contributed by atoms with Crippen LogP contribution >= 0.6 is 0 Å². The van der Waals surface area contributed by atoms with Crippen LogP contribution in [0, 0.1) is 50.2 Å². The van der Waals surface area contributed by atoms with Crippen molar-refractivity contribution in [2.75, 3.05) is 6.61 Å². The van der Waals surface area contributed by atoms with Crippen molar-refractivity contribution < 1.29 is 34.0 Å². The topological polar surface area (TPSA) is 157 Å². The second kappa shape index (κ2) is 12.4. The number of aliphatic hydroxyl groups excluding tert-OH is 2. The summed E-state index contributed by atoms with van der Waals surface area (Å²) in [5.41, 5.74) is -0.648. The molecule has 1 saturated heterocycles. The maximum absolute atomic E-state index is 14.5. The van der Waals surface area contributed by atoms with Gasteiger partial charge in [0.25, 0.3) is 5.56 Å². The zero-order valence-corrected chi connectivity index (χ0v) is 32.3. The molecule has 1 aromatic heterocycles. The summed E-state index contributed by atoms with van der Waals surface area (Å²) in [6.45, 7) is 18.0. The molecule has 0 bridgehead atoms. The van der Waals surface area contributed by atoms with E-state index >= 15 is 0 Å². The molecule has 52 heavy (non-hydrogen) atoms. The van der Waals surface area contributed by atoms with E-state index in [2.05, 4.69) is 59.5 Å². The van der Waals surface area contributed by atoms with Crippen LogP contribution in [-0.2, 0) is 23.8 Å². The van der Waals surface area contributed by atoms with E-state index in [-0.39, 0.29) is 57.6 Å². The van der Waals surface area contributed by atoms with Crippen molar-refractivity contribution in [3.63, 3.8) is 0 Å². The van der Waals surface area contributed by atoms with Gasteiger partial charge < -0.3 is 24.4 Å². The Labute approximate surface area is 306 Å². The first kappa shape index (κ1) is 37.6. The number of hydrogen-bond donors (Lipinski definition) is 3. The average Bonchev–Trinajstić information content (AvgIpc) is 3.33. The second-order valence-corrected chi connectivity index (χ2v) is 19.5. The van der Waals surface area contributed by atoms with E-state index in [0.717, 1.165) is 68.4 Å². The monoisotopic (exact) mass is 724 g/mol. The van der Waals surface area contributed by atoms with Gasteiger partial charge >= 0.3 is 17.6 Å². The zero-order chi connectivity index (χ0) is 37.8. The van der Waals surface area contributed by atoms with Gasteiger partial charge in [0.15, 0.2) is 6.23 Å². The summed E-state index contributed by atoms with van der Waals surface area (Å²) >= 11 is 0. The van der Waals surface area contributed by atoms with Gasteiger partial charge in [-0.2, -0.15) is 0 Å². The lowest BCUT2D eigenvalue weighted by molar-refractivity contribution is -0.214. The Morgan fingerprint density at radius 1 is 0.942 bits per heavy atom. The highest BCUT2D eigenvalue weighted by Crippen LogP contribution is 2.76. The second-order valence-electron chi connectivity index (χ2n) is 19.5. The third-order valence-electron chi connectivity index (χ3n) is 16.1. The molecule has 11 nitrogen and oxygen atoms in total. The van der Waals surface area contributed by atoms with E-state index in [0.29, 0.717) is 18.3 Å². The van der Waals surface area contributed by atoms with Crippen molar-refractivity contribution in [2.24, 2.45) is 50.2 Å². The molecule has 0 radical (unpaired) electrons. The van der Waals surface area contributed by atoms with E-state index in [1.54, 1.807) is 0 Å². The third kappa shape index (κ3) is 5.44. The maximum atomic E-state index is 14.5. The number of esters is 2. The zero-order valence-electron chi connectivity index (χ0n) is 32.3. The van der Waals surface area contributed by atoms with Gasteiger partial charge in [0, 0.05) is 24.6 Å². The van der Waals surface area contributed by atoms with Crippen LogP contribution in [0.2, 0.25) is 0 Å². The fourth-order valence-electron chi connectivity index (χ4n) is 13.0. The van der Waals surface area contributed by atoms with Gasteiger partial charge in [-0.05, 0) is 104 Å². The highest BCUT2D eigenvalue weighted by Gasteiger charge is 2.69. The van der Waals surface area contributed by atoms with Crippen LogP contribution in [0.5, 0.6) is 0 Å². The number of aromatic amines is 1. The van der Waals surface area contributed by atoms with Crippen LogP contribution in [-0.4, -0.2) is 62.7 Å². The van der Waals surface area contributed by atoms with Gasteiger partial charge in [-0.1, -0.05) is 60.1 Å². The lowest BCUT2D eigenvalue weighted by atomic mass is 9.33. The molecule has 1 aromatic rings. The molecule has 6 aliphatic rings. The number of allylic oxidation sites excluding steroid dienone is 2. The number of H-pyrrole nitrogens is 1. The molecule has 0 amide bonds. The first-order valence-electron chi connectivity index (χ1n) is 19.6. The summed E-state index contributed by atoms with van der Waals surface area (Å²) in [5.74, 6) is 0.455. The molecule has 4 saturated carbocycles. The molecule has 1 unspecified atom stereocenters. The van der Waals surface area contributed by atoms with E-state index < -0.39 is 41.2 Å². The smallest absolute Gasteiger partial charge is 0.330 e. The first-order valence-corrected chi connectivity index (χ1v) is 19.6. The number of aromatic nitrogens is 2. The van der Waals surface area contributed by atoms with Gasteiger partial charge in [0.2, 0.25) is 0 Å². The number of nitrogens with one attached hydrogen (secondary N) is 1. The average molecular weight is 725 g/mol. The fourth-order valence-corrected chi connectivity index (χ4v) is 13.0. The fraction of sp³-hybridized carbons (Fsp3) is 0.805. The Bertz CT molecular complexity index is 1760. The van der Waals surface area contributed by atoms with Crippen LogP contribution in [0.15, 0.2) is 33.5 Å². The number of carbonyl (C=O) groups excluding carboxylic acids is 2. The molecule has 7 rings (SSSR count). The van der Waals surface area contributed by atoms with Crippen LogP contribution < -0.4 is 11.2 Å². The number of rotatable bonds is 5. The largest absolute Gasteiger partial charge is 0.462 e. The highest BCUT2D eigenvalue weighted by molar-refractivity contribution is 5.79. The van der Waals surface area contributed by atoms with Crippen LogP contribution in [0.25, 0.3) is 0 Å². The number of aliphatic hydroxyl groups is 2. The molecular weight excluding hydrogens is 664 g/mol. The minimum atomic E-state index is -1.45. The molecule has 1 aliphatic heterocycles. The molecule has 3 N–H and O–H groups in total. The Morgan fingerprint density at radius 2 is 1.65 bits per heavy atom. The molecule has 5 aliphatic carbocycles. The normalized spacial score (nSPS) is 44.6. The molecule has 11 heteroatoms. The number of fused-ring (bicyclic) bond motifs is 7. The molecule has 288 valence electrons. The molecule has 5 fully saturated rings. The van der Waals surface area contributed by atoms with Crippen molar-refractivity contribution in [3.8, 4) is 0 Å². The predicted octanol–water partition coefficient (Wildman–Crippen LogP) is 5.43. The molecule has 0 aromatic carbocycles. The predicted molar refractivity (Wildman–Crippen MR) is 193 cm³/mol. The Hall–Kier alpha value is -2.76. The van der Waals surface area contributed by atoms with Gasteiger partial charge in [0.05, 0.1) is 5.41 Å². The first-order chi connectivity index (χ1) is 24.2. The van der Waals surface area contributed by atoms with E-state index in [1.165, 1.54) is 18.7 Å². The third-order valence-corrected chi connectivity index (χ3v) is 16.1. The van der Waals surface area contributed by atoms with Crippen molar-refractivity contribution >= 4 is 11.9 Å². The SMILES string of the molecule is CC(=O)O[C@H]1CC[C@@]2(C)C(CC[C@]3(C)[C@@H]2CC=C2[C@@H]4CC(C)(C)CC[C@]4(C(=O)OC[C@H]4O[C@@H](n5ccc(=O)[nH]c5=O)[C@H](O)[C@@H]4O)CC[C@]23C)C1(C)C. The van der Waals surface area contributed by atoms with Crippen molar-refractivity contribution in [1.82, 2.24) is 9.55 Å². The lowest BCUT2D eigenvalue weighted by Gasteiger charge is -2.71. The van der Waals surface area contributed by atoms with Gasteiger partial charge in [-0.15, -0.1) is 0 Å². The van der Waals surface area contributed by atoms with Crippen molar-refractivity contribution in [1.29, 1.82) is 0 Å². The summed E-state index contributed by atoms with van der Waals surface area (Å²) in [5, 5.41) is 21.7. The number of ether oxygens (including phenoxy) is 3. The van der Waals surface area contributed by atoms with Crippen molar-refractivity contribution in [3.05, 3.63) is 44.8 Å². The summed E-state index contributed by atoms with van der Waals surface area (Å²) < 4.78 is 18.9. The summed E-state index contributed by atoms with van der Waals surface area (Å²) in [6.07, 6.45) is 7.70. The van der Waals surface area contributed by atoms with E-state index in [9.17, 15) is 29.4 Å². The maximum Gasteiger partial charge on any atom is 0.330 e. The quantitative estimate of drug-likeness (QED) is 0.266. The molecular formula is C41H60N2O9. The minimum Gasteiger partial charge on any atom is -0.462 e. The number of hydrogen-bond acceptors (Lipinski definition) is 9. The minimum absolute atomic E-state index is 0.0226. The van der Waals surface area contributed by atoms with Gasteiger partial charge in [0.1, 0.15) is 31.0 Å². The molecule has 2 heterocycles.